The Labute approximate surface area is 170 Å². The van der Waals surface area contributed by atoms with Crippen LogP contribution in [0.2, 0.25) is 0 Å². The minimum atomic E-state index is -0.853. The van der Waals surface area contributed by atoms with Gasteiger partial charge in [-0.1, -0.05) is 12.1 Å². The largest absolute Gasteiger partial charge is 0.497 e. The second-order valence-corrected chi connectivity index (χ2v) is 6.23. The Balaban J connectivity index is 1.58. The first kappa shape index (κ1) is 19.2. The molecule has 0 fully saturated rings. The summed E-state index contributed by atoms with van der Waals surface area (Å²) in [4.78, 5) is 24.8. The summed E-state index contributed by atoms with van der Waals surface area (Å²) in [6.45, 7) is 0. The van der Waals surface area contributed by atoms with E-state index in [0.717, 1.165) is 0 Å². The monoisotopic (exact) mass is 406 g/mol. The van der Waals surface area contributed by atoms with E-state index >= 15 is 0 Å². The number of benzene rings is 3. The number of hydrogen-bond donors (Lipinski definition) is 0. The van der Waals surface area contributed by atoms with E-state index in [1.807, 2.05) is 0 Å². The number of hydrogen-bond acceptors (Lipinski definition) is 6. The topological polar surface area (TPSA) is 75.0 Å². The number of esters is 1. The average Bonchev–Trinajstić information content (AvgIpc) is 2.76. The van der Waals surface area contributed by atoms with E-state index in [0.29, 0.717) is 11.5 Å². The van der Waals surface area contributed by atoms with Gasteiger partial charge in [-0.25, -0.2) is 9.18 Å². The molecule has 0 amide bonds. The van der Waals surface area contributed by atoms with Gasteiger partial charge in [-0.3, -0.25) is 4.79 Å². The zero-order valence-electron chi connectivity index (χ0n) is 15.8. The molecule has 0 unspecified atom stereocenters. The van der Waals surface area contributed by atoms with Crippen molar-refractivity contribution in [3.05, 3.63) is 94.6 Å². The lowest BCUT2D eigenvalue weighted by molar-refractivity contribution is 0.0730. The number of carbonyl (C=O) groups excluding carboxylic acids is 1. The average molecular weight is 406 g/mol. The molecule has 30 heavy (non-hydrogen) atoms. The molecule has 0 aliphatic carbocycles. The van der Waals surface area contributed by atoms with Crippen LogP contribution in [0.15, 0.2) is 82.2 Å². The van der Waals surface area contributed by atoms with Crippen LogP contribution in [0.4, 0.5) is 4.39 Å². The lowest BCUT2D eigenvalue weighted by Gasteiger charge is -2.08. The van der Waals surface area contributed by atoms with Gasteiger partial charge in [0.2, 0.25) is 11.2 Å². The maximum atomic E-state index is 13.7. The summed E-state index contributed by atoms with van der Waals surface area (Å²) in [7, 11) is 1.55. The van der Waals surface area contributed by atoms with Crippen molar-refractivity contribution in [1.82, 2.24) is 0 Å². The molecule has 3 aromatic carbocycles. The molecule has 4 rings (SSSR count). The molecule has 150 valence electrons. The SMILES string of the molecule is COc1ccc(Oc2coc3cc(OC(=O)c4ccccc4F)ccc3c2=O)cc1. The highest BCUT2D eigenvalue weighted by Gasteiger charge is 2.15. The van der Waals surface area contributed by atoms with Crippen LogP contribution in [0.25, 0.3) is 11.0 Å². The zero-order valence-corrected chi connectivity index (χ0v) is 15.8. The third-order valence-corrected chi connectivity index (χ3v) is 4.31. The van der Waals surface area contributed by atoms with E-state index in [4.69, 9.17) is 18.6 Å². The first-order chi connectivity index (χ1) is 14.5. The van der Waals surface area contributed by atoms with Crippen molar-refractivity contribution in [2.45, 2.75) is 0 Å². The highest BCUT2D eigenvalue weighted by Crippen LogP contribution is 2.25. The molecule has 0 aliphatic rings. The Hall–Kier alpha value is -4.13. The summed E-state index contributed by atoms with van der Waals surface area (Å²) in [5.41, 5.74) is -0.387. The van der Waals surface area contributed by atoms with E-state index in [2.05, 4.69) is 0 Å². The fraction of sp³-hybridized carbons (Fsp3) is 0.0435. The van der Waals surface area contributed by atoms with Gasteiger partial charge in [0.15, 0.2) is 0 Å². The summed E-state index contributed by atoms with van der Waals surface area (Å²) in [6.07, 6.45) is 1.18. The number of halogens is 1. The van der Waals surface area contributed by atoms with Crippen molar-refractivity contribution in [1.29, 1.82) is 0 Å². The van der Waals surface area contributed by atoms with Crippen molar-refractivity contribution < 1.29 is 27.8 Å². The molecule has 0 bridgehead atoms. The molecule has 1 heterocycles. The third kappa shape index (κ3) is 3.86. The van der Waals surface area contributed by atoms with E-state index in [1.54, 1.807) is 31.4 Å². The highest BCUT2D eigenvalue weighted by molar-refractivity contribution is 5.92. The van der Waals surface area contributed by atoms with Crippen LogP contribution in [-0.4, -0.2) is 13.1 Å². The third-order valence-electron chi connectivity index (χ3n) is 4.31. The number of carbonyl (C=O) groups is 1. The number of rotatable bonds is 5. The predicted octanol–water partition coefficient (Wildman–Crippen LogP) is 4.95. The molecule has 0 spiro atoms. The van der Waals surface area contributed by atoms with E-state index in [1.165, 1.54) is 48.7 Å². The highest BCUT2D eigenvalue weighted by atomic mass is 19.1. The van der Waals surface area contributed by atoms with Gasteiger partial charge < -0.3 is 18.6 Å². The fourth-order valence-corrected chi connectivity index (χ4v) is 2.78. The van der Waals surface area contributed by atoms with Gasteiger partial charge in [0, 0.05) is 6.07 Å². The standard InChI is InChI=1S/C23H15FO6/c1-27-14-6-8-15(9-7-14)29-21-13-28-20-12-16(10-11-18(20)22(21)25)30-23(26)17-4-2-3-5-19(17)24/h2-13H,1H3. The minimum absolute atomic E-state index is 0.00349. The number of methoxy groups -OCH3 is 1. The molecular formula is C23H15FO6. The molecule has 0 radical (unpaired) electrons. The normalized spacial score (nSPS) is 10.6. The van der Waals surface area contributed by atoms with Gasteiger partial charge >= 0.3 is 5.97 Å². The van der Waals surface area contributed by atoms with Crippen molar-refractivity contribution in [3.63, 3.8) is 0 Å². The first-order valence-corrected chi connectivity index (χ1v) is 8.89. The molecule has 0 saturated heterocycles. The first-order valence-electron chi connectivity index (χ1n) is 8.89. The molecule has 0 aliphatic heterocycles. The Bertz CT molecular complexity index is 1280. The van der Waals surface area contributed by atoms with Gasteiger partial charge in [-0.2, -0.15) is 0 Å². The molecule has 1 aromatic heterocycles. The van der Waals surface area contributed by atoms with Gasteiger partial charge in [-0.15, -0.1) is 0 Å². The van der Waals surface area contributed by atoms with Crippen molar-refractivity contribution >= 4 is 16.9 Å². The van der Waals surface area contributed by atoms with Gasteiger partial charge in [0.1, 0.15) is 34.9 Å². The number of ether oxygens (including phenoxy) is 3. The Kier molecular flexibility index (Phi) is 5.17. The quantitative estimate of drug-likeness (QED) is 0.345. The van der Waals surface area contributed by atoms with Crippen LogP contribution in [0, 0.1) is 5.82 Å². The zero-order chi connectivity index (χ0) is 21.1. The van der Waals surface area contributed by atoms with Gasteiger partial charge in [0.05, 0.1) is 18.1 Å². The Morgan fingerprint density at radius 1 is 0.933 bits per heavy atom. The van der Waals surface area contributed by atoms with Crippen LogP contribution in [0.5, 0.6) is 23.0 Å². The van der Waals surface area contributed by atoms with Crippen LogP contribution in [-0.2, 0) is 0 Å². The molecule has 4 aromatic rings. The number of fused-ring (bicyclic) bond motifs is 1. The summed E-state index contributed by atoms with van der Waals surface area (Å²) >= 11 is 0. The predicted molar refractivity (Wildman–Crippen MR) is 107 cm³/mol. The summed E-state index contributed by atoms with van der Waals surface area (Å²) in [6, 6.07) is 16.5. The van der Waals surface area contributed by atoms with Crippen LogP contribution < -0.4 is 19.6 Å². The van der Waals surface area contributed by atoms with Crippen molar-refractivity contribution in [2.24, 2.45) is 0 Å². The fourth-order valence-electron chi connectivity index (χ4n) is 2.78. The van der Waals surface area contributed by atoms with Crippen molar-refractivity contribution in [2.75, 3.05) is 7.11 Å². The molecule has 0 N–H and O–H groups in total. The lowest BCUT2D eigenvalue weighted by Crippen LogP contribution is -2.11. The molecule has 6 nitrogen and oxygen atoms in total. The van der Waals surface area contributed by atoms with Crippen molar-refractivity contribution in [3.8, 4) is 23.0 Å². The maximum absolute atomic E-state index is 13.7. The smallest absolute Gasteiger partial charge is 0.346 e. The molecule has 0 saturated carbocycles. The van der Waals surface area contributed by atoms with Gasteiger partial charge in [-0.05, 0) is 48.5 Å². The van der Waals surface area contributed by atoms with Gasteiger partial charge in [0.25, 0.3) is 0 Å². The summed E-state index contributed by atoms with van der Waals surface area (Å²) < 4.78 is 35.1. The maximum Gasteiger partial charge on any atom is 0.346 e. The van der Waals surface area contributed by atoms with Crippen LogP contribution in [0.1, 0.15) is 10.4 Å². The van der Waals surface area contributed by atoms with E-state index < -0.39 is 11.8 Å². The minimum Gasteiger partial charge on any atom is -0.497 e. The van der Waals surface area contributed by atoms with E-state index in [-0.39, 0.29) is 33.5 Å². The molecule has 7 heteroatoms. The summed E-state index contributed by atoms with van der Waals surface area (Å²) in [5.74, 6) is -0.320. The molecular weight excluding hydrogens is 391 g/mol. The Morgan fingerprint density at radius 3 is 2.37 bits per heavy atom. The summed E-state index contributed by atoms with van der Waals surface area (Å²) in [5, 5.41) is 0.242. The Morgan fingerprint density at radius 2 is 1.63 bits per heavy atom. The van der Waals surface area contributed by atoms with Crippen LogP contribution >= 0.6 is 0 Å². The van der Waals surface area contributed by atoms with E-state index in [9.17, 15) is 14.0 Å². The second kappa shape index (κ2) is 8.08. The lowest BCUT2D eigenvalue weighted by atomic mass is 10.2. The molecule has 0 atom stereocenters. The van der Waals surface area contributed by atoms with Crippen LogP contribution in [0.3, 0.4) is 0 Å². The second-order valence-electron chi connectivity index (χ2n) is 6.23.